The summed E-state index contributed by atoms with van der Waals surface area (Å²) >= 11 is 3.52. The smallest absolute Gasteiger partial charge is 0.352 e. The second-order valence-corrected chi connectivity index (χ2v) is 9.50. The van der Waals surface area contributed by atoms with Gasteiger partial charge < -0.3 is 20.0 Å². The number of rotatable bonds is 7. The molecule has 2 aromatic rings. The predicted molar refractivity (Wildman–Crippen MR) is 108 cm³/mol. The van der Waals surface area contributed by atoms with Gasteiger partial charge in [-0.15, -0.1) is 33.3 Å². The first kappa shape index (κ1) is 21.5. The summed E-state index contributed by atoms with van der Waals surface area (Å²) in [5.74, 6) is -1.20. The second-order valence-electron chi connectivity index (χ2n) is 6.61. The number of nitrogens with zero attached hydrogens (tertiary/aromatic N) is 4. The molecule has 0 saturated carbocycles. The molecule has 4 N–H and O–H groups in total. The molecular formula is C16H16N6O6S3. The number of aliphatic carboxylic acids is 1. The van der Waals surface area contributed by atoms with E-state index in [2.05, 4.69) is 15.5 Å². The van der Waals surface area contributed by atoms with Gasteiger partial charge in [0.1, 0.15) is 17.1 Å². The average molecular weight is 485 g/mol. The first-order valence-electron chi connectivity index (χ1n) is 8.81. The number of β-lactam (4-membered cyclic amide) rings is 1. The molecule has 2 atom stereocenters. The van der Waals surface area contributed by atoms with Gasteiger partial charge in [0.15, 0.2) is 0 Å². The largest absolute Gasteiger partial charge is 0.477 e. The van der Waals surface area contributed by atoms with Gasteiger partial charge in [-0.2, -0.15) is 4.73 Å². The Bertz CT molecular complexity index is 1150. The van der Waals surface area contributed by atoms with Crippen LogP contribution in [0, 0.1) is 12.3 Å². The van der Waals surface area contributed by atoms with Crippen LogP contribution in [0.4, 0.5) is 0 Å². The molecule has 0 aliphatic carbocycles. The molecule has 1 unspecified atom stereocenters. The number of hydrogen-bond acceptors (Lipinski definition) is 11. The van der Waals surface area contributed by atoms with Crippen molar-refractivity contribution in [1.29, 1.82) is 5.41 Å². The van der Waals surface area contributed by atoms with Gasteiger partial charge in [0.25, 0.3) is 11.1 Å². The fraction of sp³-hybridized carbons (Fsp3) is 0.375. The number of thiazole rings is 1. The minimum atomic E-state index is -1.22. The highest BCUT2D eigenvalue weighted by molar-refractivity contribution is 8.01. The Morgan fingerprint density at radius 3 is 2.84 bits per heavy atom. The molecule has 0 aromatic carbocycles. The zero-order valence-corrected chi connectivity index (χ0v) is 18.3. The summed E-state index contributed by atoms with van der Waals surface area (Å²) in [6, 6.07) is -0.860. The van der Waals surface area contributed by atoms with Gasteiger partial charge in [-0.3, -0.25) is 19.9 Å². The zero-order chi connectivity index (χ0) is 22.3. The van der Waals surface area contributed by atoms with Crippen molar-refractivity contribution in [2.75, 3.05) is 11.5 Å². The van der Waals surface area contributed by atoms with Gasteiger partial charge in [0, 0.05) is 23.8 Å². The van der Waals surface area contributed by atoms with Gasteiger partial charge >= 0.3 is 5.97 Å². The topological polar surface area (TPSA) is 175 Å². The predicted octanol–water partition coefficient (Wildman–Crippen LogP) is 0.0312. The number of aromatic nitrogens is 3. The van der Waals surface area contributed by atoms with Crippen LogP contribution >= 0.6 is 34.9 Å². The lowest BCUT2D eigenvalue weighted by Crippen LogP contribution is -2.70. The Balaban J connectivity index is 1.44. The summed E-state index contributed by atoms with van der Waals surface area (Å²) in [4.78, 5) is 37.9. The maximum atomic E-state index is 12.7. The first-order chi connectivity index (χ1) is 14.8. The van der Waals surface area contributed by atoms with Crippen LogP contribution in [0.1, 0.15) is 11.6 Å². The molecule has 0 radical (unpaired) electrons. The number of carboxylic acid groups (broad SMARTS) is 1. The maximum Gasteiger partial charge on any atom is 0.352 e. The Kier molecular flexibility index (Phi) is 5.81. The lowest BCUT2D eigenvalue weighted by Gasteiger charge is -2.49. The van der Waals surface area contributed by atoms with Gasteiger partial charge in [0.2, 0.25) is 16.6 Å². The average Bonchev–Trinajstić information content (AvgIpc) is 3.29. The van der Waals surface area contributed by atoms with Gasteiger partial charge in [-0.05, 0) is 5.57 Å². The van der Waals surface area contributed by atoms with E-state index >= 15 is 0 Å². The molecule has 15 heteroatoms. The minimum Gasteiger partial charge on any atom is -0.477 e. The van der Waals surface area contributed by atoms with E-state index < -0.39 is 29.2 Å². The lowest BCUT2D eigenvalue weighted by atomic mass is 10.0. The molecule has 4 heterocycles. The molecule has 164 valence electrons. The normalized spacial score (nSPS) is 20.4. The van der Waals surface area contributed by atoms with E-state index in [4.69, 9.17) is 9.83 Å². The Morgan fingerprint density at radius 2 is 2.23 bits per heavy atom. The molecule has 31 heavy (non-hydrogen) atoms. The van der Waals surface area contributed by atoms with Crippen molar-refractivity contribution in [3.05, 3.63) is 33.0 Å². The highest BCUT2D eigenvalue weighted by atomic mass is 32.2. The van der Waals surface area contributed by atoms with Crippen LogP contribution in [0.25, 0.3) is 0 Å². The number of amides is 2. The molecule has 2 aliphatic heterocycles. The van der Waals surface area contributed by atoms with Crippen molar-refractivity contribution < 1.29 is 29.1 Å². The van der Waals surface area contributed by atoms with E-state index in [9.17, 15) is 24.7 Å². The number of carbonyl (C=O) groups excluding carboxylic acids is 2. The summed E-state index contributed by atoms with van der Waals surface area (Å²) in [5.41, 5.74) is 0.692. The lowest BCUT2D eigenvalue weighted by molar-refractivity contribution is -0.150. The van der Waals surface area contributed by atoms with E-state index in [0.29, 0.717) is 27.2 Å². The fourth-order valence-corrected chi connectivity index (χ4v) is 6.08. The van der Waals surface area contributed by atoms with Crippen LogP contribution in [-0.4, -0.2) is 70.8 Å². The van der Waals surface area contributed by atoms with E-state index in [-0.39, 0.29) is 28.4 Å². The van der Waals surface area contributed by atoms with Crippen molar-refractivity contribution in [3.63, 3.8) is 0 Å². The number of nitrogens with one attached hydrogen (secondary N) is 2. The minimum absolute atomic E-state index is 0.0899. The molecular weight excluding hydrogens is 468 g/mol. The Hall–Kier alpha value is -2.78. The van der Waals surface area contributed by atoms with Crippen LogP contribution in [0.3, 0.4) is 0 Å². The number of thioether (sulfide) groups is 2. The third kappa shape index (κ3) is 4.07. The van der Waals surface area contributed by atoms with Crippen molar-refractivity contribution in [1.82, 2.24) is 25.1 Å². The molecule has 2 aliphatic rings. The van der Waals surface area contributed by atoms with E-state index in [0.717, 1.165) is 11.3 Å². The molecule has 1 saturated heterocycles. The number of aryl methyl sites for hydroxylation is 1. The van der Waals surface area contributed by atoms with Crippen LogP contribution < -0.4 is 10.1 Å². The fourth-order valence-electron chi connectivity index (χ4n) is 3.14. The zero-order valence-electron chi connectivity index (χ0n) is 15.9. The number of hydrogen-bond donors (Lipinski definition) is 4. The van der Waals surface area contributed by atoms with Crippen molar-refractivity contribution in [2.24, 2.45) is 0 Å². The summed E-state index contributed by atoms with van der Waals surface area (Å²) in [5, 5.41) is 38.3. The molecule has 0 bridgehead atoms. The molecule has 4 rings (SSSR count). The highest BCUT2D eigenvalue weighted by Gasteiger charge is 2.54. The van der Waals surface area contributed by atoms with Crippen molar-refractivity contribution in [3.8, 4) is 0 Å². The van der Waals surface area contributed by atoms with Gasteiger partial charge in [0.05, 0.1) is 12.1 Å². The third-order valence-electron chi connectivity index (χ3n) is 4.56. The maximum absolute atomic E-state index is 12.7. The summed E-state index contributed by atoms with van der Waals surface area (Å²) in [6.07, 6.45) is -0.208. The molecule has 12 nitrogen and oxygen atoms in total. The van der Waals surface area contributed by atoms with Crippen LogP contribution in [0.15, 0.2) is 26.3 Å². The van der Waals surface area contributed by atoms with Crippen molar-refractivity contribution >= 4 is 52.6 Å². The van der Waals surface area contributed by atoms with Gasteiger partial charge in [-0.1, -0.05) is 11.8 Å². The number of carbonyl (C=O) groups is 3. The summed E-state index contributed by atoms with van der Waals surface area (Å²) < 4.78 is 5.88. The Labute approximate surface area is 186 Å². The molecule has 0 spiro atoms. The Morgan fingerprint density at radius 1 is 1.45 bits per heavy atom. The highest BCUT2D eigenvalue weighted by Crippen LogP contribution is 2.41. The first-order valence-corrected chi connectivity index (χ1v) is 11.7. The van der Waals surface area contributed by atoms with E-state index in [1.54, 1.807) is 6.92 Å². The van der Waals surface area contributed by atoms with Crippen LogP contribution in [0.2, 0.25) is 0 Å². The van der Waals surface area contributed by atoms with E-state index in [1.807, 2.05) is 0 Å². The standard InChI is InChI=1S/C16H16N6O6S3/c1-6-19-20-16(28-6)31-4-7-3-29-13-10(12(24)21(13)11(7)14(25)26)18-9(23)2-8-5-30-15(17)22(8)27/h5,10,13,17,27H,2-4H2,1H3,(H,18,23)(H,25,26)/t10?,13-/m1/s1. The van der Waals surface area contributed by atoms with Gasteiger partial charge in [-0.25, -0.2) is 4.79 Å². The molecule has 2 amide bonds. The van der Waals surface area contributed by atoms with Crippen LogP contribution in [-0.2, 0) is 20.8 Å². The SMILES string of the molecule is Cc1nnc(SCC2=C(C(=O)O)N3C(=O)C(NC(=O)Cc4csc(=N)n4O)[C@H]3SC2)o1. The summed E-state index contributed by atoms with van der Waals surface area (Å²) in [6.45, 7) is 1.65. The number of carboxylic acids is 1. The third-order valence-corrected chi connectivity index (χ3v) is 7.59. The molecule has 1 fully saturated rings. The quantitative estimate of drug-likeness (QED) is 0.238. The van der Waals surface area contributed by atoms with E-state index in [1.165, 1.54) is 33.8 Å². The second kappa shape index (κ2) is 8.39. The van der Waals surface area contributed by atoms with Crippen LogP contribution in [0.5, 0.6) is 0 Å². The molecule has 2 aromatic heterocycles. The monoisotopic (exact) mass is 484 g/mol. The number of fused-ring (bicyclic) bond motifs is 1. The summed E-state index contributed by atoms with van der Waals surface area (Å²) in [7, 11) is 0. The van der Waals surface area contributed by atoms with Crippen molar-refractivity contribution in [2.45, 2.75) is 30.0 Å².